The number of nitriles is 1. The molecule has 0 heterocycles. The van der Waals surface area contributed by atoms with Crippen molar-refractivity contribution in [1.29, 1.82) is 5.26 Å². The molecule has 188 valence electrons. The molecule has 2 rings (SSSR count). The molecule has 0 unspecified atom stereocenters. The van der Waals surface area contributed by atoms with Gasteiger partial charge in [-0.2, -0.15) is 5.26 Å². The van der Waals surface area contributed by atoms with Crippen LogP contribution < -0.4 is 0 Å². The van der Waals surface area contributed by atoms with Crippen LogP contribution in [0.4, 0.5) is 0 Å². The number of nitrogens with zero attached hydrogens (tertiary/aromatic N) is 1. The van der Waals surface area contributed by atoms with E-state index in [1.807, 2.05) is 41.5 Å². The van der Waals surface area contributed by atoms with Gasteiger partial charge in [-0.15, -0.1) is 0 Å². The molecule has 3 heteroatoms. The third-order valence-corrected chi connectivity index (χ3v) is 6.46. The molecular formula is C29H55NO2. The van der Waals surface area contributed by atoms with E-state index in [9.17, 15) is 4.79 Å². The van der Waals surface area contributed by atoms with Gasteiger partial charge in [0.2, 0.25) is 0 Å². The molecule has 3 nitrogen and oxygen atoms in total. The minimum atomic E-state index is -0.344. The first-order valence-corrected chi connectivity index (χ1v) is 13.8. The summed E-state index contributed by atoms with van der Waals surface area (Å²) in [6.07, 6.45) is 21.8. The molecule has 0 N–H and O–H groups in total. The summed E-state index contributed by atoms with van der Waals surface area (Å²) in [5.41, 5.74) is -0.352. The maximum Gasteiger partial charge on any atom is 0.312 e. The van der Waals surface area contributed by atoms with E-state index < -0.39 is 0 Å². The fraction of sp³-hybridized carbons (Fsp3) is 0.931. The summed E-state index contributed by atoms with van der Waals surface area (Å²) >= 11 is 0. The van der Waals surface area contributed by atoms with Crippen LogP contribution in [0.2, 0.25) is 0 Å². The van der Waals surface area contributed by atoms with Gasteiger partial charge in [0.05, 0.1) is 16.9 Å². The van der Waals surface area contributed by atoms with E-state index in [0.717, 1.165) is 32.1 Å². The van der Waals surface area contributed by atoms with Crippen LogP contribution in [0.1, 0.15) is 158 Å². The monoisotopic (exact) mass is 449 g/mol. The van der Waals surface area contributed by atoms with Crippen LogP contribution in [0.5, 0.6) is 0 Å². The largest absolute Gasteiger partial charge is 0.460 e. The van der Waals surface area contributed by atoms with E-state index in [2.05, 4.69) is 13.0 Å². The molecule has 2 aliphatic carbocycles. The molecule has 0 aliphatic heterocycles. The molecule has 2 fully saturated rings. The number of rotatable bonds is 14. The summed E-state index contributed by atoms with van der Waals surface area (Å²) in [6, 6.07) is 2.22. The fourth-order valence-corrected chi connectivity index (χ4v) is 3.70. The number of hydrogen-bond acceptors (Lipinski definition) is 3. The van der Waals surface area contributed by atoms with Crippen molar-refractivity contribution in [2.45, 2.75) is 163 Å². The number of ether oxygens (including phenoxy) is 1. The molecule has 2 aliphatic rings. The predicted molar refractivity (Wildman–Crippen MR) is 138 cm³/mol. The minimum Gasteiger partial charge on any atom is -0.460 e. The van der Waals surface area contributed by atoms with Gasteiger partial charge in [0.25, 0.3) is 0 Å². The van der Waals surface area contributed by atoms with E-state index in [1.165, 1.54) is 77.0 Å². The Hall–Kier alpha value is -1.04. The summed E-state index contributed by atoms with van der Waals surface area (Å²) in [7, 11) is 0. The summed E-state index contributed by atoms with van der Waals surface area (Å²) in [5, 5.41) is 8.22. The number of esters is 1. The second-order valence-electron chi connectivity index (χ2n) is 11.1. The molecule has 0 aromatic heterocycles. The van der Waals surface area contributed by atoms with Crippen LogP contribution in [-0.4, -0.2) is 11.6 Å². The van der Waals surface area contributed by atoms with Crippen LogP contribution in [0.15, 0.2) is 0 Å². The lowest BCUT2D eigenvalue weighted by molar-refractivity contribution is -0.162. The van der Waals surface area contributed by atoms with Gasteiger partial charge in [0.1, 0.15) is 5.60 Å². The Kier molecular flexibility index (Phi) is 16.0. The first-order chi connectivity index (χ1) is 15.2. The van der Waals surface area contributed by atoms with Gasteiger partial charge in [-0.05, 0) is 59.8 Å². The highest BCUT2D eigenvalue weighted by Crippen LogP contribution is 2.51. The molecular weight excluding hydrogens is 394 g/mol. The molecule has 0 aromatic carbocycles. The van der Waals surface area contributed by atoms with Crippen LogP contribution in [0.3, 0.4) is 0 Å². The number of carbonyl (C=O) groups excluding carboxylic acids is 1. The Morgan fingerprint density at radius 2 is 1.22 bits per heavy atom. The quantitative estimate of drug-likeness (QED) is 0.196. The van der Waals surface area contributed by atoms with Gasteiger partial charge in [-0.25, -0.2) is 0 Å². The van der Waals surface area contributed by atoms with Gasteiger partial charge in [-0.3, -0.25) is 4.79 Å². The minimum absolute atomic E-state index is 0.0538. The fourth-order valence-electron chi connectivity index (χ4n) is 3.70. The topological polar surface area (TPSA) is 50.1 Å². The van der Waals surface area contributed by atoms with Crippen molar-refractivity contribution >= 4 is 5.97 Å². The lowest BCUT2D eigenvalue weighted by atomic mass is 9.97. The lowest BCUT2D eigenvalue weighted by Crippen LogP contribution is -2.29. The van der Waals surface area contributed by atoms with Crippen LogP contribution in [0.25, 0.3) is 0 Å². The molecule has 0 amide bonds. The smallest absolute Gasteiger partial charge is 0.312 e. The molecule has 0 aromatic rings. The van der Waals surface area contributed by atoms with E-state index in [4.69, 9.17) is 10.00 Å². The summed E-state index contributed by atoms with van der Waals surface area (Å²) in [4.78, 5) is 12.3. The van der Waals surface area contributed by atoms with Crippen LogP contribution in [-0.2, 0) is 9.53 Å². The molecule has 0 radical (unpaired) electrons. The van der Waals surface area contributed by atoms with Gasteiger partial charge in [0, 0.05) is 0 Å². The summed E-state index contributed by atoms with van der Waals surface area (Å²) in [5.74, 6) is 0.0538. The first kappa shape index (κ1) is 31.0. The van der Waals surface area contributed by atoms with E-state index in [-0.39, 0.29) is 22.4 Å². The van der Waals surface area contributed by atoms with Crippen molar-refractivity contribution in [2.24, 2.45) is 10.8 Å². The Labute approximate surface area is 201 Å². The van der Waals surface area contributed by atoms with Gasteiger partial charge in [0.15, 0.2) is 0 Å². The van der Waals surface area contributed by atoms with Crippen molar-refractivity contribution < 1.29 is 9.53 Å². The average molecular weight is 450 g/mol. The highest BCUT2D eigenvalue weighted by molar-refractivity contribution is 5.80. The molecule has 2 saturated carbocycles. The third kappa shape index (κ3) is 15.7. The average Bonchev–Trinajstić information content (AvgIpc) is 3.67. The molecule has 0 saturated heterocycles. The standard InChI is InChI=1S/C22H42O2.C5H7N.C2H6/c1-5-6-7-8-9-10-11-12-13-14-15-16-17-22(18-19-22)20(23)24-21(2,3)4;1-5(4-6)2-3-5;1-2/h5-19H2,1-4H3;2-3H2,1H3;1-2H3. The number of unbranched alkanes of at least 4 members (excludes halogenated alkanes) is 11. The van der Waals surface area contributed by atoms with Crippen molar-refractivity contribution in [3.05, 3.63) is 0 Å². The van der Waals surface area contributed by atoms with Gasteiger partial charge >= 0.3 is 5.97 Å². The van der Waals surface area contributed by atoms with Crippen molar-refractivity contribution in [2.75, 3.05) is 0 Å². The molecule has 0 spiro atoms. The Morgan fingerprint density at radius 1 is 0.812 bits per heavy atom. The highest BCUT2D eigenvalue weighted by Gasteiger charge is 2.51. The molecule has 0 bridgehead atoms. The van der Waals surface area contributed by atoms with Crippen LogP contribution >= 0.6 is 0 Å². The maximum absolute atomic E-state index is 12.3. The lowest BCUT2D eigenvalue weighted by Gasteiger charge is -2.23. The third-order valence-electron chi connectivity index (χ3n) is 6.46. The van der Waals surface area contributed by atoms with E-state index >= 15 is 0 Å². The zero-order chi connectivity index (χ0) is 24.5. The molecule has 0 atom stereocenters. The SMILES string of the molecule is CC.CC1(C#N)CC1.CCCCCCCCCCCCCCC1(C(=O)OC(C)(C)C)CC1. The number of hydrogen-bond donors (Lipinski definition) is 0. The Bertz CT molecular complexity index is 518. The second-order valence-corrected chi connectivity index (χ2v) is 11.1. The predicted octanol–water partition coefficient (Wildman–Crippen LogP) is 9.54. The normalized spacial score (nSPS) is 17.1. The highest BCUT2D eigenvalue weighted by atomic mass is 16.6. The number of carbonyl (C=O) groups is 1. The Morgan fingerprint density at radius 3 is 1.50 bits per heavy atom. The van der Waals surface area contributed by atoms with Crippen LogP contribution in [0, 0.1) is 22.2 Å². The van der Waals surface area contributed by atoms with E-state index in [0.29, 0.717) is 0 Å². The Balaban J connectivity index is 0.00000101. The van der Waals surface area contributed by atoms with Gasteiger partial charge in [-0.1, -0.05) is 97.8 Å². The zero-order valence-corrected chi connectivity index (χ0v) is 22.8. The van der Waals surface area contributed by atoms with E-state index in [1.54, 1.807) is 0 Å². The van der Waals surface area contributed by atoms with Gasteiger partial charge < -0.3 is 4.74 Å². The zero-order valence-electron chi connectivity index (χ0n) is 22.8. The summed E-state index contributed by atoms with van der Waals surface area (Å²) in [6.45, 7) is 14.2. The maximum atomic E-state index is 12.3. The molecule has 32 heavy (non-hydrogen) atoms. The first-order valence-electron chi connectivity index (χ1n) is 13.8. The van der Waals surface area contributed by atoms with Crippen molar-refractivity contribution in [3.63, 3.8) is 0 Å². The van der Waals surface area contributed by atoms with Crippen molar-refractivity contribution in [3.8, 4) is 6.07 Å². The van der Waals surface area contributed by atoms with Crippen molar-refractivity contribution in [1.82, 2.24) is 0 Å². The summed E-state index contributed by atoms with van der Waals surface area (Å²) < 4.78 is 5.58. The second kappa shape index (κ2) is 16.6.